The van der Waals surface area contributed by atoms with Gasteiger partial charge in [0, 0.05) is 23.7 Å². The monoisotopic (exact) mass is 241 g/mol. The minimum atomic E-state index is -0.0228. The fourth-order valence-corrected chi connectivity index (χ4v) is 1.60. The van der Waals surface area contributed by atoms with Crippen molar-refractivity contribution in [3.8, 4) is 0 Å². The van der Waals surface area contributed by atoms with Crippen molar-refractivity contribution in [2.24, 2.45) is 0 Å². The Kier molecular flexibility index (Phi) is 4.72. The molecule has 0 aliphatic rings. The molecule has 80 valence electrons. The minimum absolute atomic E-state index is 0.0228. The lowest BCUT2D eigenvalue weighted by molar-refractivity contribution is 0.104. The van der Waals surface area contributed by atoms with E-state index in [0.717, 1.165) is 5.03 Å². The van der Waals surface area contributed by atoms with E-state index in [2.05, 4.69) is 5.32 Å². The summed E-state index contributed by atoms with van der Waals surface area (Å²) in [5, 5.41) is 4.42. The first kappa shape index (κ1) is 12.1. The zero-order valence-electron chi connectivity index (χ0n) is 8.58. The summed E-state index contributed by atoms with van der Waals surface area (Å²) >= 11 is 7.23. The molecule has 2 nitrogen and oxygen atoms in total. The highest BCUT2D eigenvalue weighted by Gasteiger charge is 2.03. The molecule has 0 aliphatic carbocycles. The lowest BCUT2D eigenvalue weighted by Gasteiger charge is -2.02. The van der Waals surface area contributed by atoms with Crippen molar-refractivity contribution in [3.63, 3.8) is 0 Å². The van der Waals surface area contributed by atoms with Crippen LogP contribution >= 0.6 is 23.4 Å². The van der Waals surface area contributed by atoms with Gasteiger partial charge in [0.1, 0.15) is 0 Å². The van der Waals surface area contributed by atoms with Crippen LogP contribution in [0.4, 0.5) is 0 Å². The van der Waals surface area contributed by atoms with Gasteiger partial charge in [-0.05, 0) is 30.5 Å². The smallest absolute Gasteiger partial charge is 0.188 e. The zero-order valence-corrected chi connectivity index (χ0v) is 10.2. The molecule has 1 N–H and O–H groups in total. The predicted molar refractivity (Wildman–Crippen MR) is 66.4 cm³/mol. The number of hydrogen-bond donors (Lipinski definition) is 1. The Morgan fingerprint density at radius 2 is 2.00 bits per heavy atom. The van der Waals surface area contributed by atoms with E-state index in [1.807, 2.05) is 6.26 Å². The van der Waals surface area contributed by atoms with E-state index < -0.39 is 0 Å². The maximum Gasteiger partial charge on any atom is 0.188 e. The summed E-state index contributed by atoms with van der Waals surface area (Å²) in [6, 6.07) is 6.85. The van der Waals surface area contributed by atoms with Crippen LogP contribution in [0.25, 0.3) is 0 Å². The van der Waals surface area contributed by atoms with Crippen molar-refractivity contribution < 1.29 is 4.79 Å². The van der Waals surface area contributed by atoms with E-state index in [-0.39, 0.29) is 5.78 Å². The summed E-state index contributed by atoms with van der Waals surface area (Å²) in [6.45, 7) is 0. The van der Waals surface area contributed by atoms with Gasteiger partial charge < -0.3 is 5.32 Å². The van der Waals surface area contributed by atoms with Crippen molar-refractivity contribution >= 4 is 29.1 Å². The largest absolute Gasteiger partial charge is 0.383 e. The van der Waals surface area contributed by atoms with Crippen molar-refractivity contribution in [3.05, 3.63) is 46.0 Å². The first-order valence-electron chi connectivity index (χ1n) is 4.40. The maximum atomic E-state index is 11.7. The van der Waals surface area contributed by atoms with Crippen molar-refractivity contribution in [2.45, 2.75) is 0 Å². The third-order valence-electron chi connectivity index (χ3n) is 1.86. The highest BCUT2D eigenvalue weighted by Crippen LogP contribution is 2.13. The van der Waals surface area contributed by atoms with E-state index in [1.165, 1.54) is 11.8 Å². The van der Waals surface area contributed by atoms with Crippen LogP contribution in [0.5, 0.6) is 0 Å². The van der Waals surface area contributed by atoms with Crippen molar-refractivity contribution in [1.29, 1.82) is 0 Å². The Morgan fingerprint density at radius 3 is 2.47 bits per heavy atom. The molecule has 1 aromatic carbocycles. The predicted octanol–water partition coefficient (Wildman–Crippen LogP) is 2.95. The standard InChI is InChI=1S/C11H12ClNOS/c1-13-11(15-2)7-10(14)8-3-5-9(12)6-4-8/h3-7,13H,1-2H3/b11-7+. The molecule has 15 heavy (non-hydrogen) atoms. The number of allylic oxidation sites excluding steroid dienone is 1. The number of carbonyl (C=O) groups excluding carboxylic acids is 1. The Bertz CT molecular complexity index is 367. The lowest BCUT2D eigenvalue weighted by atomic mass is 10.1. The van der Waals surface area contributed by atoms with Crippen LogP contribution in [0.15, 0.2) is 35.4 Å². The van der Waals surface area contributed by atoms with Crippen LogP contribution in [-0.2, 0) is 0 Å². The number of benzene rings is 1. The summed E-state index contributed by atoms with van der Waals surface area (Å²) in [5.41, 5.74) is 0.640. The first-order valence-corrected chi connectivity index (χ1v) is 6.01. The molecule has 0 fully saturated rings. The quantitative estimate of drug-likeness (QED) is 0.649. The Balaban J connectivity index is 2.85. The number of nitrogens with one attached hydrogen (secondary N) is 1. The number of halogens is 1. The topological polar surface area (TPSA) is 29.1 Å². The zero-order chi connectivity index (χ0) is 11.3. The molecule has 0 amide bonds. The molecule has 0 heterocycles. The van der Waals surface area contributed by atoms with Crippen LogP contribution in [0.1, 0.15) is 10.4 Å². The molecule has 0 unspecified atom stereocenters. The molecule has 0 atom stereocenters. The van der Waals surface area contributed by atoms with Gasteiger partial charge >= 0.3 is 0 Å². The van der Waals surface area contributed by atoms with Crippen LogP contribution in [0.2, 0.25) is 5.02 Å². The van der Waals surface area contributed by atoms with Gasteiger partial charge in [0.2, 0.25) is 0 Å². The Labute approximate surface area is 98.7 Å². The van der Waals surface area contributed by atoms with E-state index in [9.17, 15) is 4.79 Å². The summed E-state index contributed by atoms with van der Waals surface area (Å²) < 4.78 is 0. The third kappa shape index (κ3) is 3.61. The second kappa shape index (κ2) is 5.83. The maximum absolute atomic E-state index is 11.7. The fourth-order valence-electron chi connectivity index (χ4n) is 1.05. The average molecular weight is 242 g/mol. The van der Waals surface area contributed by atoms with Gasteiger partial charge in [0.25, 0.3) is 0 Å². The number of thioether (sulfide) groups is 1. The van der Waals surface area contributed by atoms with E-state index in [0.29, 0.717) is 10.6 Å². The highest BCUT2D eigenvalue weighted by atomic mass is 35.5. The summed E-state index contributed by atoms with van der Waals surface area (Å²) in [6.07, 6.45) is 3.49. The van der Waals surface area contributed by atoms with Gasteiger partial charge in [-0.1, -0.05) is 11.6 Å². The van der Waals surface area contributed by atoms with Gasteiger partial charge in [-0.25, -0.2) is 0 Å². The molecule has 1 aromatic rings. The molecule has 0 radical (unpaired) electrons. The number of rotatable bonds is 4. The summed E-state index contributed by atoms with van der Waals surface area (Å²) in [7, 11) is 1.79. The second-order valence-corrected chi connectivity index (χ2v) is 4.12. The summed E-state index contributed by atoms with van der Waals surface area (Å²) in [4.78, 5) is 11.7. The highest BCUT2D eigenvalue weighted by molar-refractivity contribution is 8.02. The van der Waals surface area contributed by atoms with Crippen LogP contribution in [0, 0.1) is 0 Å². The molecular weight excluding hydrogens is 230 g/mol. The lowest BCUT2D eigenvalue weighted by Crippen LogP contribution is -2.05. The Hall–Kier alpha value is -0.930. The van der Waals surface area contributed by atoms with Gasteiger partial charge in [0.15, 0.2) is 5.78 Å². The van der Waals surface area contributed by atoms with Gasteiger partial charge in [-0.2, -0.15) is 0 Å². The SMILES string of the molecule is CN/C(=C\C(=O)c1ccc(Cl)cc1)SC. The number of ketones is 1. The first-order chi connectivity index (χ1) is 7.17. The third-order valence-corrected chi connectivity index (χ3v) is 2.87. The van der Waals surface area contributed by atoms with Gasteiger partial charge in [-0.15, -0.1) is 11.8 Å². The second-order valence-electron chi connectivity index (χ2n) is 2.83. The van der Waals surface area contributed by atoms with Crippen LogP contribution < -0.4 is 5.32 Å². The fraction of sp³-hybridized carbons (Fsp3) is 0.182. The molecule has 0 saturated heterocycles. The molecule has 0 aliphatic heterocycles. The molecule has 1 rings (SSSR count). The van der Waals surface area contributed by atoms with Crippen LogP contribution in [-0.4, -0.2) is 19.1 Å². The molecule has 4 heteroatoms. The molecule has 0 spiro atoms. The molecule has 0 aromatic heterocycles. The molecule has 0 saturated carbocycles. The van der Waals surface area contributed by atoms with Gasteiger partial charge in [-0.3, -0.25) is 4.79 Å². The van der Waals surface area contributed by atoms with E-state index in [4.69, 9.17) is 11.6 Å². The normalized spacial score (nSPS) is 11.3. The summed E-state index contributed by atoms with van der Waals surface area (Å²) in [5.74, 6) is -0.0228. The van der Waals surface area contributed by atoms with E-state index >= 15 is 0 Å². The van der Waals surface area contributed by atoms with E-state index in [1.54, 1.807) is 37.4 Å². The Morgan fingerprint density at radius 1 is 1.40 bits per heavy atom. The minimum Gasteiger partial charge on any atom is -0.383 e. The van der Waals surface area contributed by atoms with Crippen molar-refractivity contribution in [2.75, 3.05) is 13.3 Å². The molecule has 0 bridgehead atoms. The van der Waals surface area contributed by atoms with Gasteiger partial charge in [0.05, 0.1) is 5.03 Å². The van der Waals surface area contributed by atoms with Crippen molar-refractivity contribution in [1.82, 2.24) is 5.32 Å². The van der Waals surface area contributed by atoms with Crippen LogP contribution in [0.3, 0.4) is 0 Å². The molecular formula is C11H12ClNOS. The number of hydrogen-bond acceptors (Lipinski definition) is 3. The number of carbonyl (C=O) groups is 1. The average Bonchev–Trinajstić information content (AvgIpc) is 2.26.